The van der Waals surface area contributed by atoms with Gasteiger partial charge in [0.25, 0.3) is 0 Å². The predicted molar refractivity (Wildman–Crippen MR) is 143 cm³/mol. The normalized spacial score (nSPS) is 15.2. The number of hydrogen-bond acceptors (Lipinski definition) is 6. The maximum Gasteiger partial charge on any atom is 3.00 e. The number of aliphatic carboxylic acids is 3. The van der Waals surface area contributed by atoms with E-state index in [0.717, 1.165) is 77.0 Å². The molecule has 1 radical (unpaired) electrons. The summed E-state index contributed by atoms with van der Waals surface area (Å²) in [5.41, 5.74) is -1.81. The Bertz CT molecular complexity index is 516. The van der Waals surface area contributed by atoms with E-state index in [4.69, 9.17) is 0 Å². The number of carbonyl (C=O) groups excluding carboxylic acids is 3. The molecule has 0 heterocycles. The van der Waals surface area contributed by atoms with Crippen LogP contribution in [0.4, 0.5) is 0 Å². The molecule has 0 aliphatic rings. The summed E-state index contributed by atoms with van der Waals surface area (Å²) in [6, 6.07) is 0. The van der Waals surface area contributed by atoms with Crippen LogP contribution < -0.4 is 15.3 Å². The van der Waals surface area contributed by atoms with Crippen molar-refractivity contribution in [3.63, 3.8) is 0 Å². The largest absolute Gasteiger partial charge is 3.00 e. The van der Waals surface area contributed by atoms with Gasteiger partial charge in [-0.1, -0.05) is 120 Å². The molecule has 0 N–H and O–H groups in total. The van der Waals surface area contributed by atoms with Crippen LogP contribution in [0.25, 0.3) is 0 Å². The molecular formula is C30H57CeO6. The molecule has 0 rings (SSSR count). The second kappa shape index (κ2) is 24.8. The van der Waals surface area contributed by atoms with E-state index in [-0.39, 0.29) is 41.7 Å². The molecule has 0 aromatic carbocycles. The Balaban J connectivity index is -0.000000218. The summed E-state index contributed by atoms with van der Waals surface area (Å²) in [6.07, 6.45) is 14.0. The average Bonchev–Trinajstić information content (AvgIpc) is 2.84. The van der Waals surface area contributed by atoms with Crippen molar-refractivity contribution in [3.05, 3.63) is 0 Å². The maximum atomic E-state index is 10.7. The second-order valence-electron chi connectivity index (χ2n) is 11.0. The molecule has 0 amide bonds. The molecule has 0 fully saturated rings. The first-order chi connectivity index (χ1) is 16.7. The zero-order chi connectivity index (χ0) is 28.8. The Hall–Kier alpha value is -0.213. The van der Waals surface area contributed by atoms with Gasteiger partial charge >= 0.3 is 41.7 Å². The van der Waals surface area contributed by atoms with E-state index in [1.54, 1.807) is 20.8 Å². The minimum atomic E-state index is -0.902. The first-order valence-electron chi connectivity index (χ1n) is 14.3. The van der Waals surface area contributed by atoms with Crippen LogP contribution in [0.5, 0.6) is 0 Å². The zero-order valence-electron chi connectivity index (χ0n) is 25.6. The molecule has 0 spiro atoms. The van der Waals surface area contributed by atoms with E-state index in [1.807, 2.05) is 20.8 Å². The van der Waals surface area contributed by atoms with Crippen molar-refractivity contribution in [2.75, 3.05) is 0 Å². The third kappa shape index (κ3) is 20.4. The summed E-state index contributed by atoms with van der Waals surface area (Å²) >= 11 is 0. The quantitative estimate of drug-likeness (QED) is 0.188. The topological polar surface area (TPSA) is 120 Å². The summed E-state index contributed by atoms with van der Waals surface area (Å²) in [7, 11) is 0. The number of carboxylic acids is 3. The number of carbonyl (C=O) groups is 3. The molecule has 0 bridgehead atoms. The fraction of sp³-hybridized carbons (Fsp3) is 0.900. The molecular weight excluding hydrogens is 596 g/mol. The van der Waals surface area contributed by atoms with Crippen molar-refractivity contribution >= 4 is 17.9 Å². The van der Waals surface area contributed by atoms with Gasteiger partial charge in [-0.25, -0.2) is 0 Å². The monoisotopic (exact) mass is 653 g/mol. The van der Waals surface area contributed by atoms with Gasteiger partial charge in [-0.05, 0) is 38.5 Å². The van der Waals surface area contributed by atoms with Crippen LogP contribution in [0.1, 0.15) is 159 Å². The Morgan fingerprint density at radius 1 is 0.459 bits per heavy atom. The first-order valence-corrected chi connectivity index (χ1v) is 14.3. The van der Waals surface area contributed by atoms with E-state index in [0.29, 0.717) is 19.3 Å². The molecule has 0 saturated heterocycles. The molecule has 0 saturated carbocycles. The van der Waals surface area contributed by atoms with Crippen LogP contribution in [-0.4, -0.2) is 17.9 Å². The first kappa shape index (κ1) is 43.8. The molecule has 6 nitrogen and oxygen atoms in total. The van der Waals surface area contributed by atoms with Crippen LogP contribution in [-0.2, 0) is 14.4 Å². The van der Waals surface area contributed by atoms with Crippen molar-refractivity contribution in [3.8, 4) is 0 Å². The fourth-order valence-electron chi connectivity index (χ4n) is 3.57. The smallest absolute Gasteiger partial charge is 0.550 e. The van der Waals surface area contributed by atoms with Crippen molar-refractivity contribution in [1.29, 1.82) is 0 Å². The van der Waals surface area contributed by atoms with Crippen LogP contribution in [0.3, 0.4) is 0 Å². The van der Waals surface area contributed by atoms with Crippen LogP contribution in [0.2, 0.25) is 0 Å². The molecule has 7 heteroatoms. The summed E-state index contributed by atoms with van der Waals surface area (Å²) < 4.78 is 0. The third-order valence-electron chi connectivity index (χ3n) is 7.82. The zero-order valence-corrected chi connectivity index (χ0v) is 28.7. The number of rotatable bonds is 18. The molecule has 3 atom stereocenters. The van der Waals surface area contributed by atoms with Gasteiger partial charge in [0.2, 0.25) is 0 Å². The number of carboxylic acid groups (broad SMARTS) is 3. The van der Waals surface area contributed by atoms with Gasteiger partial charge < -0.3 is 29.7 Å². The number of hydrogen-bond donors (Lipinski definition) is 0. The van der Waals surface area contributed by atoms with Crippen LogP contribution in [0.15, 0.2) is 0 Å². The van der Waals surface area contributed by atoms with Crippen LogP contribution in [0, 0.1) is 58.0 Å². The summed E-state index contributed by atoms with van der Waals surface area (Å²) in [5.74, 6) is -2.71. The maximum absolute atomic E-state index is 10.7. The van der Waals surface area contributed by atoms with Gasteiger partial charge in [-0.3, -0.25) is 0 Å². The minimum absolute atomic E-state index is 0. The standard InChI is InChI=1S/3C10H20O2.Ce/c3*1-4-6-7-8-10(3,5-2)9(11)12;/h3*4-8H2,1-3H3,(H,11,12);/q;;;+3/p-3. The summed E-state index contributed by atoms with van der Waals surface area (Å²) in [4.78, 5) is 32.2. The Kier molecular flexibility index (Phi) is 29.4. The Labute approximate surface area is 262 Å². The van der Waals surface area contributed by atoms with E-state index in [1.165, 1.54) is 0 Å². The van der Waals surface area contributed by atoms with Gasteiger partial charge in [0, 0.05) is 34.2 Å². The van der Waals surface area contributed by atoms with Crippen molar-refractivity contribution in [2.45, 2.75) is 159 Å². The van der Waals surface area contributed by atoms with E-state index < -0.39 is 34.2 Å². The van der Waals surface area contributed by atoms with Gasteiger partial charge in [0.05, 0.1) is 0 Å². The van der Waals surface area contributed by atoms with E-state index in [9.17, 15) is 29.7 Å². The van der Waals surface area contributed by atoms with E-state index >= 15 is 0 Å². The molecule has 0 aliphatic heterocycles. The van der Waals surface area contributed by atoms with Gasteiger partial charge in [0.15, 0.2) is 0 Å². The fourth-order valence-corrected chi connectivity index (χ4v) is 3.57. The van der Waals surface area contributed by atoms with Gasteiger partial charge in [-0.2, -0.15) is 0 Å². The van der Waals surface area contributed by atoms with Crippen molar-refractivity contribution < 1.29 is 71.5 Å². The third-order valence-corrected chi connectivity index (χ3v) is 7.82. The Morgan fingerprint density at radius 3 is 0.757 bits per heavy atom. The Morgan fingerprint density at radius 2 is 0.649 bits per heavy atom. The second-order valence-corrected chi connectivity index (χ2v) is 11.0. The number of unbranched alkanes of at least 4 members (excludes halogenated alkanes) is 6. The molecule has 217 valence electrons. The molecule has 0 aliphatic carbocycles. The molecule has 0 aromatic rings. The van der Waals surface area contributed by atoms with Crippen LogP contribution >= 0.6 is 0 Å². The average molecular weight is 654 g/mol. The SMILES string of the molecule is CCCCCC(C)(CC)C(=O)[O-].CCCCCC(C)(CC)C(=O)[O-].CCCCCC(C)(CC)C(=O)[O-].[Ce+3]. The summed E-state index contributed by atoms with van der Waals surface area (Å²) in [6.45, 7) is 17.4. The van der Waals surface area contributed by atoms with Gasteiger partial charge in [-0.15, -0.1) is 0 Å². The molecule has 37 heavy (non-hydrogen) atoms. The predicted octanol–water partition coefficient (Wildman–Crippen LogP) is 5.20. The summed E-state index contributed by atoms with van der Waals surface area (Å²) in [5, 5.41) is 32.2. The van der Waals surface area contributed by atoms with Gasteiger partial charge in [0.1, 0.15) is 0 Å². The minimum Gasteiger partial charge on any atom is -0.550 e. The molecule has 0 aromatic heterocycles. The van der Waals surface area contributed by atoms with E-state index in [2.05, 4.69) is 20.8 Å². The molecule has 3 unspecified atom stereocenters. The van der Waals surface area contributed by atoms with Crippen molar-refractivity contribution in [2.24, 2.45) is 16.2 Å². The van der Waals surface area contributed by atoms with Crippen molar-refractivity contribution in [1.82, 2.24) is 0 Å².